The first-order valence-electron chi connectivity index (χ1n) is 9.39. The Morgan fingerprint density at radius 1 is 0.826 bits per heavy atom. The van der Waals surface area contributed by atoms with Crippen molar-refractivity contribution in [1.82, 2.24) is 4.90 Å². The third kappa shape index (κ3) is 5.41. The molecule has 3 heterocycles. The zero-order valence-corrected chi connectivity index (χ0v) is 19.8. The van der Waals surface area contributed by atoms with E-state index in [-0.39, 0.29) is 48.0 Å². The number of hydrogen-bond acceptors (Lipinski definition) is 1. The van der Waals surface area contributed by atoms with Crippen LogP contribution < -0.4 is 48.0 Å². The highest BCUT2D eigenvalue weighted by molar-refractivity contribution is 4.83. The largest absolute Gasteiger partial charge is 1.00 e. The van der Waals surface area contributed by atoms with Crippen LogP contribution in [0.2, 0.25) is 0 Å². The van der Waals surface area contributed by atoms with E-state index >= 15 is 0 Å². The summed E-state index contributed by atoms with van der Waals surface area (Å²) < 4.78 is 2.65. The van der Waals surface area contributed by atoms with Crippen LogP contribution in [-0.4, -0.2) is 86.4 Å². The molecule has 3 fully saturated rings. The quantitative estimate of drug-likeness (QED) is 0.258. The number of halogens is 2. The molecule has 3 aliphatic rings. The average molecular weight is 549 g/mol. The first-order valence-corrected chi connectivity index (χ1v) is 9.39. The maximum absolute atomic E-state index is 2.80. The van der Waals surface area contributed by atoms with Crippen LogP contribution in [0.15, 0.2) is 0 Å². The normalized spacial score (nSPS) is 32.5. The molecule has 2 bridgehead atoms. The summed E-state index contributed by atoms with van der Waals surface area (Å²) in [5.41, 5.74) is 0. The number of rotatable bonds is 4. The summed E-state index contributed by atoms with van der Waals surface area (Å²) >= 11 is 0. The molecule has 2 atom stereocenters. The zero-order valence-electron chi connectivity index (χ0n) is 15.4. The number of likely N-dealkylation sites (N-methyl/N-ethyl adjacent to an activating group) is 1. The molecule has 0 N–H and O–H groups in total. The first kappa shape index (κ1) is 22.4. The van der Waals surface area contributed by atoms with Crippen molar-refractivity contribution in [3.05, 3.63) is 0 Å². The van der Waals surface area contributed by atoms with Gasteiger partial charge in [0.1, 0.15) is 12.1 Å². The van der Waals surface area contributed by atoms with Gasteiger partial charge in [0.05, 0.1) is 53.9 Å². The number of hydrogen-bond donors (Lipinski definition) is 0. The fourth-order valence-corrected chi connectivity index (χ4v) is 5.18. The Morgan fingerprint density at radius 3 is 1.96 bits per heavy atom. The van der Waals surface area contributed by atoms with E-state index in [9.17, 15) is 0 Å². The molecule has 3 saturated heterocycles. The van der Waals surface area contributed by atoms with Crippen molar-refractivity contribution in [2.45, 2.75) is 57.0 Å². The lowest BCUT2D eigenvalue weighted by molar-refractivity contribution is -0.948. The molecular formula is C18H37I2N3. The van der Waals surface area contributed by atoms with Crippen molar-refractivity contribution < 1.29 is 56.9 Å². The van der Waals surface area contributed by atoms with Gasteiger partial charge in [-0.25, -0.2) is 0 Å². The van der Waals surface area contributed by atoms with Crippen molar-refractivity contribution in [2.24, 2.45) is 0 Å². The minimum Gasteiger partial charge on any atom is -1.00 e. The van der Waals surface area contributed by atoms with Crippen LogP contribution in [0.3, 0.4) is 0 Å². The molecule has 3 aliphatic heterocycles. The average Bonchev–Trinajstić information content (AvgIpc) is 2.40. The Kier molecular flexibility index (Phi) is 9.08. The Hall–Kier alpha value is 1.34. The van der Waals surface area contributed by atoms with Gasteiger partial charge in [0.25, 0.3) is 0 Å². The predicted molar refractivity (Wildman–Crippen MR) is 89.2 cm³/mol. The topological polar surface area (TPSA) is 3.24 Å². The third-order valence-corrected chi connectivity index (χ3v) is 6.96. The lowest BCUT2D eigenvalue weighted by Crippen LogP contribution is -3.00. The summed E-state index contributed by atoms with van der Waals surface area (Å²) in [7, 11) is 7.45. The Balaban J connectivity index is 0.00000132. The van der Waals surface area contributed by atoms with E-state index in [0.29, 0.717) is 0 Å². The second kappa shape index (κ2) is 9.33. The van der Waals surface area contributed by atoms with Gasteiger partial charge in [-0.15, -0.1) is 0 Å². The van der Waals surface area contributed by atoms with E-state index in [1.807, 2.05) is 0 Å². The van der Waals surface area contributed by atoms with E-state index in [2.05, 4.69) is 26.0 Å². The van der Waals surface area contributed by atoms with Gasteiger partial charge in [-0.1, -0.05) is 0 Å². The summed E-state index contributed by atoms with van der Waals surface area (Å²) in [6.45, 7) is 8.32. The second-order valence-electron chi connectivity index (χ2n) is 8.83. The van der Waals surface area contributed by atoms with E-state index in [1.54, 1.807) is 0 Å². The van der Waals surface area contributed by atoms with Gasteiger partial charge in [0.2, 0.25) is 0 Å². The van der Waals surface area contributed by atoms with Crippen molar-refractivity contribution >= 4 is 0 Å². The second-order valence-corrected chi connectivity index (χ2v) is 8.83. The molecule has 0 saturated carbocycles. The summed E-state index contributed by atoms with van der Waals surface area (Å²) in [6, 6.07) is 1.80. The van der Waals surface area contributed by atoms with E-state index < -0.39 is 0 Å². The lowest BCUT2D eigenvalue weighted by atomic mass is 9.89. The summed E-state index contributed by atoms with van der Waals surface area (Å²) in [5.74, 6) is 0. The van der Waals surface area contributed by atoms with Crippen molar-refractivity contribution in [1.29, 1.82) is 0 Å². The molecule has 23 heavy (non-hydrogen) atoms. The first-order chi connectivity index (χ1) is 10.00. The Bertz CT molecular complexity index is 340. The number of nitrogens with zero attached hydrogens (tertiary/aromatic N) is 3. The van der Waals surface area contributed by atoms with Crippen LogP contribution in [-0.2, 0) is 0 Å². The fraction of sp³-hybridized carbons (Fsp3) is 1.00. The number of quaternary nitrogens is 2. The number of likely N-dealkylation sites (tertiary alicyclic amines) is 2. The van der Waals surface area contributed by atoms with Gasteiger partial charge < -0.3 is 56.9 Å². The molecule has 0 radical (unpaired) electrons. The Labute approximate surface area is 178 Å². The number of fused-ring (bicyclic) bond motifs is 2. The minimum absolute atomic E-state index is 0. The summed E-state index contributed by atoms with van der Waals surface area (Å²) in [5, 5.41) is 0. The molecule has 0 spiro atoms. The summed E-state index contributed by atoms with van der Waals surface area (Å²) in [4.78, 5) is 2.80. The third-order valence-electron chi connectivity index (χ3n) is 6.96. The van der Waals surface area contributed by atoms with Gasteiger partial charge in [-0.3, -0.25) is 4.90 Å². The van der Waals surface area contributed by atoms with Crippen LogP contribution in [0.4, 0.5) is 0 Å². The van der Waals surface area contributed by atoms with Crippen molar-refractivity contribution in [3.63, 3.8) is 0 Å². The van der Waals surface area contributed by atoms with Crippen molar-refractivity contribution in [3.8, 4) is 0 Å². The smallest absolute Gasteiger partial charge is 0.102 e. The molecule has 2 unspecified atom stereocenters. The molecule has 0 aliphatic carbocycles. The molecule has 138 valence electrons. The van der Waals surface area contributed by atoms with Gasteiger partial charge in [-0.2, -0.15) is 0 Å². The lowest BCUT2D eigenvalue weighted by Gasteiger charge is -2.54. The maximum atomic E-state index is 2.80. The molecular weight excluding hydrogens is 512 g/mol. The maximum Gasteiger partial charge on any atom is 0.102 e. The highest BCUT2D eigenvalue weighted by Gasteiger charge is 2.45. The Morgan fingerprint density at radius 2 is 1.39 bits per heavy atom. The zero-order chi connectivity index (χ0) is 14.9. The fourth-order valence-electron chi connectivity index (χ4n) is 5.18. The molecule has 0 aromatic rings. The van der Waals surface area contributed by atoms with Gasteiger partial charge in [0, 0.05) is 25.8 Å². The van der Waals surface area contributed by atoms with Crippen molar-refractivity contribution in [2.75, 3.05) is 60.4 Å². The SMILES string of the molecule is C[N+]1(CCCN2CC3CCCC(C2)[N+]3(C)C)CCCCC1.[I-].[I-]. The van der Waals surface area contributed by atoms with E-state index in [1.165, 1.54) is 93.2 Å². The van der Waals surface area contributed by atoms with E-state index in [4.69, 9.17) is 0 Å². The summed E-state index contributed by atoms with van der Waals surface area (Å²) in [6.07, 6.45) is 10.2. The van der Waals surface area contributed by atoms with Crippen LogP contribution >= 0.6 is 0 Å². The van der Waals surface area contributed by atoms with Crippen LogP contribution in [0.1, 0.15) is 44.9 Å². The minimum atomic E-state index is 0. The van der Waals surface area contributed by atoms with Gasteiger partial charge in [-0.05, 0) is 25.7 Å². The van der Waals surface area contributed by atoms with Crippen LogP contribution in [0, 0.1) is 0 Å². The molecule has 5 heteroatoms. The number of piperidine rings is 2. The van der Waals surface area contributed by atoms with E-state index in [0.717, 1.165) is 12.1 Å². The monoisotopic (exact) mass is 549 g/mol. The van der Waals surface area contributed by atoms with Crippen LogP contribution in [0.25, 0.3) is 0 Å². The standard InChI is InChI=1S/C18H37N3.2HI/c1-20(2)17-9-7-10-18(20)16-19(15-17)11-8-14-21(3)12-5-4-6-13-21;;/h17-18H,4-16H2,1-3H3;2*1H/q+2;;/p-2. The predicted octanol–water partition coefficient (Wildman–Crippen LogP) is -3.67. The van der Waals surface area contributed by atoms with Gasteiger partial charge in [0.15, 0.2) is 0 Å². The molecule has 0 aromatic heterocycles. The highest BCUT2D eigenvalue weighted by atomic mass is 127. The van der Waals surface area contributed by atoms with Gasteiger partial charge >= 0.3 is 0 Å². The van der Waals surface area contributed by atoms with Crippen LogP contribution in [0.5, 0.6) is 0 Å². The number of piperazine rings is 1. The molecule has 3 nitrogen and oxygen atoms in total. The molecule has 0 amide bonds. The molecule has 3 rings (SSSR count). The molecule has 0 aromatic carbocycles. The highest BCUT2D eigenvalue weighted by Crippen LogP contribution is 2.32.